The lowest BCUT2D eigenvalue weighted by Crippen LogP contribution is -2.41. The average Bonchev–Trinajstić information content (AvgIpc) is 2.29. The minimum atomic E-state index is 0.0660. The minimum absolute atomic E-state index is 0.0660. The van der Waals surface area contributed by atoms with Crippen LogP contribution in [0.1, 0.15) is 59.3 Å². The molecule has 0 spiro atoms. The molecule has 0 saturated carbocycles. The molecular formula is C13H26O2. The highest BCUT2D eigenvalue weighted by molar-refractivity contribution is 4.80. The molecule has 1 aliphatic heterocycles. The van der Waals surface area contributed by atoms with Crippen LogP contribution >= 0.6 is 0 Å². The van der Waals surface area contributed by atoms with Crippen LogP contribution in [-0.2, 0) is 9.47 Å². The van der Waals surface area contributed by atoms with Crippen molar-refractivity contribution < 1.29 is 9.47 Å². The molecule has 0 unspecified atom stereocenters. The fourth-order valence-electron chi connectivity index (χ4n) is 2.11. The van der Waals surface area contributed by atoms with Gasteiger partial charge in [0.2, 0.25) is 0 Å². The largest absolute Gasteiger partial charge is 0.352 e. The lowest BCUT2D eigenvalue weighted by atomic mass is 9.81. The Morgan fingerprint density at radius 1 is 1.07 bits per heavy atom. The zero-order chi connectivity index (χ0) is 11.1. The summed E-state index contributed by atoms with van der Waals surface area (Å²) >= 11 is 0. The number of hydrogen-bond donors (Lipinski definition) is 0. The first-order valence-electron chi connectivity index (χ1n) is 6.49. The molecule has 90 valence electrons. The summed E-state index contributed by atoms with van der Waals surface area (Å²) < 4.78 is 11.6. The molecule has 1 fully saturated rings. The Hall–Kier alpha value is -0.0800. The van der Waals surface area contributed by atoms with Gasteiger partial charge in [-0.2, -0.15) is 0 Å². The van der Waals surface area contributed by atoms with Crippen LogP contribution in [0.25, 0.3) is 0 Å². The second-order valence-electron chi connectivity index (χ2n) is 4.80. The summed E-state index contributed by atoms with van der Waals surface area (Å²) in [5.41, 5.74) is 0.306. The van der Waals surface area contributed by atoms with Crippen molar-refractivity contribution in [2.45, 2.75) is 65.6 Å². The molecule has 1 saturated heterocycles. The highest BCUT2D eigenvalue weighted by Gasteiger charge is 2.34. The average molecular weight is 214 g/mol. The van der Waals surface area contributed by atoms with Gasteiger partial charge in [-0.1, -0.05) is 40.0 Å². The second kappa shape index (κ2) is 6.49. The van der Waals surface area contributed by atoms with Crippen LogP contribution in [0.2, 0.25) is 0 Å². The zero-order valence-corrected chi connectivity index (χ0v) is 10.6. The van der Waals surface area contributed by atoms with E-state index in [0.717, 1.165) is 26.1 Å². The molecule has 1 heterocycles. The zero-order valence-electron chi connectivity index (χ0n) is 10.6. The summed E-state index contributed by atoms with van der Waals surface area (Å²) in [5.74, 6) is 0. The van der Waals surface area contributed by atoms with Crippen LogP contribution in [-0.4, -0.2) is 19.5 Å². The van der Waals surface area contributed by atoms with E-state index >= 15 is 0 Å². The summed E-state index contributed by atoms with van der Waals surface area (Å²) in [5, 5.41) is 0. The second-order valence-corrected chi connectivity index (χ2v) is 4.80. The molecule has 15 heavy (non-hydrogen) atoms. The summed E-state index contributed by atoms with van der Waals surface area (Å²) in [6.07, 6.45) is 7.21. The van der Waals surface area contributed by atoms with Crippen molar-refractivity contribution in [2.24, 2.45) is 5.41 Å². The van der Waals surface area contributed by atoms with Gasteiger partial charge in [0.15, 0.2) is 6.29 Å². The highest BCUT2D eigenvalue weighted by Crippen LogP contribution is 2.34. The Morgan fingerprint density at radius 2 is 1.73 bits per heavy atom. The van der Waals surface area contributed by atoms with Gasteiger partial charge in [-0.05, 0) is 19.3 Å². The maximum absolute atomic E-state index is 5.80. The number of rotatable bonds is 6. The normalized spacial score (nSPS) is 31.8. The fourth-order valence-corrected chi connectivity index (χ4v) is 2.11. The van der Waals surface area contributed by atoms with Gasteiger partial charge < -0.3 is 9.47 Å². The van der Waals surface area contributed by atoms with E-state index in [1.165, 1.54) is 25.7 Å². The standard InChI is InChI=1S/C13H26O2/c1-4-7-9-13(6-3)10-14-12(8-5-2)15-11-13/h12H,4-11H2,1-3H3. The first-order chi connectivity index (χ1) is 7.26. The van der Waals surface area contributed by atoms with Crippen molar-refractivity contribution in [1.82, 2.24) is 0 Å². The Kier molecular flexibility index (Phi) is 5.62. The van der Waals surface area contributed by atoms with Crippen LogP contribution < -0.4 is 0 Å². The summed E-state index contributed by atoms with van der Waals surface area (Å²) in [6, 6.07) is 0. The van der Waals surface area contributed by atoms with Gasteiger partial charge >= 0.3 is 0 Å². The van der Waals surface area contributed by atoms with Crippen LogP contribution in [0.5, 0.6) is 0 Å². The van der Waals surface area contributed by atoms with Crippen LogP contribution in [0.4, 0.5) is 0 Å². The van der Waals surface area contributed by atoms with Gasteiger partial charge in [0.05, 0.1) is 13.2 Å². The van der Waals surface area contributed by atoms with Crippen molar-refractivity contribution in [2.75, 3.05) is 13.2 Å². The molecule has 0 aliphatic carbocycles. The van der Waals surface area contributed by atoms with Gasteiger partial charge in [0.1, 0.15) is 0 Å². The maximum Gasteiger partial charge on any atom is 0.157 e. The van der Waals surface area contributed by atoms with E-state index in [4.69, 9.17) is 9.47 Å². The lowest BCUT2D eigenvalue weighted by molar-refractivity contribution is -0.234. The molecule has 2 nitrogen and oxygen atoms in total. The first-order valence-corrected chi connectivity index (χ1v) is 6.49. The summed E-state index contributed by atoms with van der Waals surface area (Å²) in [7, 11) is 0. The number of unbranched alkanes of at least 4 members (excludes halogenated alkanes) is 1. The maximum atomic E-state index is 5.80. The van der Waals surface area contributed by atoms with Crippen molar-refractivity contribution in [3.8, 4) is 0 Å². The minimum Gasteiger partial charge on any atom is -0.352 e. The molecule has 1 rings (SSSR count). The molecule has 1 aliphatic rings. The van der Waals surface area contributed by atoms with Crippen molar-refractivity contribution in [3.63, 3.8) is 0 Å². The SMILES string of the molecule is CCCCC1(CC)COC(CCC)OC1. The van der Waals surface area contributed by atoms with E-state index in [9.17, 15) is 0 Å². The third-order valence-corrected chi connectivity index (χ3v) is 3.49. The Bertz CT molecular complexity index is 160. The monoisotopic (exact) mass is 214 g/mol. The van der Waals surface area contributed by atoms with Crippen molar-refractivity contribution >= 4 is 0 Å². The number of hydrogen-bond acceptors (Lipinski definition) is 2. The highest BCUT2D eigenvalue weighted by atomic mass is 16.7. The molecule has 0 N–H and O–H groups in total. The smallest absolute Gasteiger partial charge is 0.157 e. The molecule has 2 heteroatoms. The summed E-state index contributed by atoms with van der Waals surface area (Å²) in [6.45, 7) is 8.46. The van der Waals surface area contributed by atoms with E-state index in [-0.39, 0.29) is 6.29 Å². The quantitative estimate of drug-likeness (QED) is 0.670. The van der Waals surface area contributed by atoms with E-state index < -0.39 is 0 Å². The van der Waals surface area contributed by atoms with Gasteiger partial charge in [0.25, 0.3) is 0 Å². The molecule has 0 bridgehead atoms. The summed E-state index contributed by atoms with van der Waals surface area (Å²) in [4.78, 5) is 0. The molecule has 0 amide bonds. The molecule has 0 aromatic carbocycles. The predicted octanol–water partition coefficient (Wildman–Crippen LogP) is 3.75. The molecule has 0 radical (unpaired) electrons. The molecular weight excluding hydrogens is 188 g/mol. The van der Waals surface area contributed by atoms with Crippen molar-refractivity contribution in [3.05, 3.63) is 0 Å². The number of ether oxygens (including phenoxy) is 2. The molecule has 0 aromatic rings. The van der Waals surface area contributed by atoms with Gasteiger partial charge in [0, 0.05) is 5.41 Å². The van der Waals surface area contributed by atoms with Gasteiger partial charge in [-0.15, -0.1) is 0 Å². The Balaban J connectivity index is 2.36. The predicted molar refractivity (Wildman–Crippen MR) is 62.8 cm³/mol. The van der Waals surface area contributed by atoms with Crippen molar-refractivity contribution in [1.29, 1.82) is 0 Å². The van der Waals surface area contributed by atoms with Crippen LogP contribution in [0.15, 0.2) is 0 Å². The van der Waals surface area contributed by atoms with Gasteiger partial charge in [-0.25, -0.2) is 0 Å². The van der Waals surface area contributed by atoms with Crippen LogP contribution in [0, 0.1) is 5.41 Å². The third kappa shape index (κ3) is 3.76. The van der Waals surface area contributed by atoms with E-state index in [1.807, 2.05) is 0 Å². The topological polar surface area (TPSA) is 18.5 Å². The third-order valence-electron chi connectivity index (χ3n) is 3.49. The van der Waals surface area contributed by atoms with Crippen LogP contribution in [0.3, 0.4) is 0 Å². The van der Waals surface area contributed by atoms with E-state index in [1.54, 1.807) is 0 Å². The first kappa shape index (κ1) is 13.0. The van der Waals surface area contributed by atoms with Gasteiger partial charge in [-0.3, -0.25) is 0 Å². The lowest BCUT2D eigenvalue weighted by Gasteiger charge is -2.39. The Morgan fingerprint density at radius 3 is 2.20 bits per heavy atom. The van der Waals surface area contributed by atoms with E-state index in [0.29, 0.717) is 5.41 Å². The molecule has 0 atom stereocenters. The Labute approximate surface area is 94.3 Å². The fraction of sp³-hybridized carbons (Fsp3) is 1.00. The molecule has 0 aromatic heterocycles. The van der Waals surface area contributed by atoms with E-state index in [2.05, 4.69) is 20.8 Å².